The van der Waals surface area contributed by atoms with Gasteiger partial charge in [-0.1, -0.05) is 0 Å². The highest BCUT2D eigenvalue weighted by molar-refractivity contribution is 6.21. The van der Waals surface area contributed by atoms with Crippen molar-refractivity contribution < 1.29 is 18.6 Å². The predicted molar refractivity (Wildman–Crippen MR) is 170 cm³/mol. The van der Waals surface area contributed by atoms with Crippen molar-refractivity contribution in [3.05, 3.63) is 29.6 Å². The second-order valence-corrected chi connectivity index (χ2v) is 15.2. The van der Waals surface area contributed by atoms with Crippen LogP contribution in [0.4, 0.5) is 14.6 Å². The van der Waals surface area contributed by atoms with Crippen molar-refractivity contribution >= 4 is 28.3 Å². The van der Waals surface area contributed by atoms with Crippen molar-refractivity contribution in [2.75, 3.05) is 44.2 Å². The number of rotatable bonds is 3. The molecule has 0 spiro atoms. The Hall–Kier alpha value is -2.78. The van der Waals surface area contributed by atoms with Crippen LogP contribution in [0, 0.1) is 17.7 Å². The van der Waals surface area contributed by atoms with Crippen LogP contribution >= 0.6 is 11.6 Å². The zero-order valence-corrected chi connectivity index (χ0v) is 27.0. The Morgan fingerprint density at radius 3 is 2.94 bits per heavy atom. The third-order valence-corrected chi connectivity index (χ3v) is 12.3. The number of hydrazine groups is 1. The molecule has 5 fully saturated rings. The normalized spacial score (nSPS) is 37.0. The lowest BCUT2D eigenvalue weighted by Gasteiger charge is -2.42. The molecule has 3 aromatic rings. The highest BCUT2D eigenvalue weighted by atomic mass is 35.5. The van der Waals surface area contributed by atoms with Gasteiger partial charge in [0.1, 0.15) is 24.1 Å². The number of ether oxygens (including phenoxy) is 1. The topological polar surface area (TPSA) is 129 Å². The monoisotopic (exact) mass is 670 g/mol. The Morgan fingerprint density at radius 2 is 2.02 bits per heavy atom. The van der Waals surface area contributed by atoms with E-state index in [1.54, 1.807) is 17.2 Å². The molecule has 252 valence electrons. The quantitative estimate of drug-likeness (QED) is 0.356. The Kier molecular flexibility index (Phi) is 7.53. The summed E-state index contributed by atoms with van der Waals surface area (Å²) in [6, 6.07) is 0.149. The van der Waals surface area contributed by atoms with E-state index in [0.29, 0.717) is 62.5 Å². The molecule has 6 aliphatic heterocycles. The van der Waals surface area contributed by atoms with Crippen molar-refractivity contribution in [2.24, 2.45) is 11.8 Å². The molecule has 10 rings (SSSR count). The summed E-state index contributed by atoms with van der Waals surface area (Å²) in [6.45, 7) is 3.59. The Morgan fingerprint density at radius 1 is 1.11 bits per heavy atom. The number of halogens is 3. The summed E-state index contributed by atoms with van der Waals surface area (Å²) in [5.41, 5.74) is 7.55. The second kappa shape index (κ2) is 11.7. The molecule has 9 atom stereocenters. The maximum absolute atomic E-state index is 17.2. The number of pyridine rings is 1. The van der Waals surface area contributed by atoms with E-state index in [2.05, 4.69) is 20.9 Å². The van der Waals surface area contributed by atoms with E-state index in [9.17, 15) is 9.50 Å². The van der Waals surface area contributed by atoms with Gasteiger partial charge in [0.15, 0.2) is 5.82 Å². The first-order valence-electron chi connectivity index (χ1n) is 17.2. The SMILES string of the molecule is O[C@@H]1C[C@@H]2CN(C1)c1nc(OC[C@@]34CCCN3C[C@H](F)C4)nc3c(F)c(ncc13)C1C(CCCn3ncc2n3)C(Cl)CC2NNCC21. The van der Waals surface area contributed by atoms with Gasteiger partial charge in [-0.05, 0) is 56.9 Å². The Bertz CT molecular complexity index is 1670. The molecule has 3 N–H and O–H groups in total. The number of aliphatic hydroxyl groups excluding tert-OH is 1. The molecule has 47 heavy (non-hydrogen) atoms. The molecule has 0 amide bonds. The summed E-state index contributed by atoms with van der Waals surface area (Å²) in [7, 11) is 0. The lowest BCUT2D eigenvalue weighted by atomic mass is 9.66. The third-order valence-electron chi connectivity index (χ3n) is 11.8. The molecule has 3 aromatic heterocycles. The summed E-state index contributed by atoms with van der Waals surface area (Å²) in [5.74, 6) is -0.286. The van der Waals surface area contributed by atoms with Gasteiger partial charge in [-0.2, -0.15) is 25.0 Å². The molecule has 15 heteroatoms. The molecule has 1 aliphatic carbocycles. The van der Waals surface area contributed by atoms with Crippen LogP contribution in [-0.4, -0.2) is 109 Å². The van der Waals surface area contributed by atoms with Gasteiger partial charge in [0, 0.05) is 62.1 Å². The maximum atomic E-state index is 17.2. The van der Waals surface area contributed by atoms with Gasteiger partial charge >= 0.3 is 6.01 Å². The van der Waals surface area contributed by atoms with Crippen LogP contribution in [0.5, 0.6) is 6.01 Å². The van der Waals surface area contributed by atoms with Crippen molar-refractivity contribution in [3.8, 4) is 6.01 Å². The van der Waals surface area contributed by atoms with E-state index in [4.69, 9.17) is 36.4 Å². The van der Waals surface area contributed by atoms with Crippen molar-refractivity contribution in [1.29, 1.82) is 0 Å². The number of alkyl halides is 2. The lowest BCUT2D eigenvalue weighted by molar-refractivity contribution is 0.107. The number of nitrogens with zero attached hydrogens (tertiary/aromatic N) is 8. The molecule has 8 bridgehead atoms. The highest BCUT2D eigenvalue weighted by Gasteiger charge is 2.50. The fourth-order valence-electron chi connectivity index (χ4n) is 9.65. The summed E-state index contributed by atoms with van der Waals surface area (Å²) in [6.07, 6.45) is 7.02. The van der Waals surface area contributed by atoms with Crippen molar-refractivity contribution in [2.45, 2.75) is 92.6 Å². The fraction of sp³-hybridized carbons (Fsp3) is 0.719. The van der Waals surface area contributed by atoms with Gasteiger partial charge in [-0.25, -0.2) is 8.78 Å². The van der Waals surface area contributed by atoms with Gasteiger partial charge in [0.25, 0.3) is 0 Å². The molecule has 9 heterocycles. The van der Waals surface area contributed by atoms with E-state index in [1.807, 2.05) is 4.90 Å². The second-order valence-electron chi connectivity index (χ2n) is 14.6. The van der Waals surface area contributed by atoms with Gasteiger partial charge in [0.05, 0.1) is 41.2 Å². The van der Waals surface area contributed by atoms with E-state index >= 15 is 4.39 Å². The minimum absolute atomic E-state index is 0.0132. The number of aliphatic hydroxyl groups is 1. The van der Waals surface area contributed by atoms with Crippen molar-refractivity contribution in [1.82, 2.24) is 45.7 Å². The van der Waals surface area contributed by atoms with Crippen LogP contribution < -0.4 is 20.5 Å². The number of piperidine rings is 1. The van der Waals surface area contributed by atoms with Gasteiger partial charge < -0.3 is 14.7 Å². The summed E-state index contributed by atoms with van der Waals surface area (Å²) in [4.78, 5) is 20.3. The van der Waals surface area contributed by atoms with Crippen LogP contribution in [0.25, 0.3) is 10.9 Å². The Balaban J connectivity index is 1.18. The average Bonchev–Trinajstić information content (AvgIpc) is 3.84. The van der Waals surface area contributed by atoms with E-state index in [0.717, 1.165) is 44.3 Å². The molecule has 7 aliphatic rings. The molecular weight excluding hydrogens is 630 g/mol. The number of anilines is 1. The minimum atomic E-state index is -0.896. The largest absolute Gasteiger partial charge is 0.461 e. The van der Waals surface area contributed by atoms with E-state index < -0.39 is 23.6 Å². The first-order valence-corrected chi connectivity index (χ1v) is 17.6. The molecule has 0 aromatic carbocycles. The molecule has 12 nitrogen and oxygen atoms in total. The zero-order chi connectivity index (χ0) is 31.9. The Labute approximate surface area is 276 Å². The van der Waals surface area contributed by atoms with Gasteiger partial charge in [-0.15, -0.1) is 11.6 Å². The van der Waals surface area contributed by atoms with Crippen LogP contribution in [0.3, 0.4) is 0 Å². The summed E-state index contributed by atoms with van der Waals surface area (Å²) >= 11 is 7.11. The lowest BCUT2D eigenvalue weighted by Crippen LogP contribution is -2.45. The summed E-state index contributed by atoms with van der Waals surface area (Å²) in [5, 5.41) is 20.7. The molecular formula is C32H41ClF2N10O2. The predicted octanol–water partition coefficient (Wildman–Crippen LogP) is 2.66. The molecule has 4 saturated heterocycles. The van der Waals surface area contributed by atoms with Crippen LogP contribution in [0.15, 0.2) is 12.4 Å². The van der Waals surface area contributed by atoms with Crippen LogP contribution in [0.1, 0.15) is 68.2 Å². The van der Waals surface area contributed by atoms with Gasteiger partial charge in [-0.3, -0.25) is 20.7 Å². The fourth-order valence-corrected chi connectivity index (χ4v) is 10.1. The standard InChI is InChI=1S/C32H41ClF2N10O2/c33-23-8-24-21(11-37-41-24)26-20(23)3-1-6-45-38-12-25(42-45)17-7-19(46)15-43(13-17)30-22-10-36-29(26)27(35)28(22)39-31(40-30)47-16-32-4-2-5-44(32)14-18(34)9-32/h10,12,17-21,23-24,26,37,41,46H,1-9,11,13-16H2/t17-,18-,19-,20?,21?,23?,24?,26?,32+/m1/s1. The number of aromatic nitrogens is 6. The number of aryl methyl sites for hydroxylation is 1. The average molecular weight is 671 g/mol. The third kappa shape index (κ3) is 5.17. The van der Waals surface area contributed by atoms with Crippen LogP contribution in [0.2, 0.25) is 0 Å². The minimum Gasteiger partial charge on any atom is -0.461 e. The smallest absolute Gasteiger partial charge is 0.319 e. The summed E-state index contributed by atoms with van der Waals surface area (Å²) < 4.78 is 38.1. The number of hydrogen-bond acceptors (Lipinski definition) is 11. The number of fused-ring (bicyclic) bond motifs is 5. The maximum Gasteiger partial charge on any atom is 0.319 e. The molecule has 0 radical (unpaired) electrons. The highest BCUT2D eigenvalue weighted by Crippen LogP contribution is 2.48. The van der Waals surface area contributed by atoms with E-state index in [-0.39, 0.29) is 53.2 Å². The zero-order valence-electron chi connectivity index (χ0n) is 26.2. The number of nitrogens with one attached hydrogen (secondary N) is 2. The molecule has 5 unspecified atom stereocenters. The van der Waals surface area contributed by atoms with Crippen LogP contribution in [-0.2, 0) is 6.54 Å². The van der Waals surface area contributed by atoms with Gasteiger partial charge in [0.2, 0.25) is 0 Å². The number of hydrogen-bond donors (Lipinski definition) is 3. The molecule has 1 saturated carbocycles. The first kappa shape index (κ1) is 30.3. The van der Waals surface area contributed by atoms with Crippen molar-refractivity contribution in [3.63, 3.8) is 0 Å². The first-order chi connectivity index (χ1) is 22.8. The van der Waals surface area contributed by atoms with E-state index in [1.165, 1.54) is 0 Å².